The minimum absolute atomic E-state index is 0.0485. The molecule has 0 bridgehead atoms. The summed E-state index contributed by atoms with van der Waals surface area (Å²) in [7, 11) is 2.06. The van der Waals surface area contributed by atoms with Gasteiger partial charge in [-0.05, 0) is 185 Å². The Kier molecular flexibility index (Phi) is 30.2. The molecule has 1 rings (SSSR count). The third kappa shape index (κ3) is 31.2. The largest absolute Gasteiger partial charge is 0.461 e. The highest BCUT2D eigenvalue weighted by Gasteiger charge is 2.19. The monoisotopic (exact) mass is 813 g/mol. The van der Waals surface area contributed by atoms with Crippen molar-refractivity contribution in [3.05, 3.63) is 105 Å². The Bertz CT molecular complexity index is 1510. The predicted molar refractivity (Wildman–Crippen MR) is 258 cm³/mol. The summed E-state index contributed by atoms with van der Waals surface area (Å²) in [6.07, 6.45) is 39.6. The van der Waals surface area contributed by atoms with Gasteiger partial charge >= 0.3 is 5.97 Å². The van der Waals surface area contributed by atoms with Gasteiger partial charge in [0.05, 0.1) is 6.42 Å². The zero-order chi connectivity index (χ0) is 43.8. The van der Waals surface area contributed by atoms with E-state index in [4.69, 9.17) is 4.74 Å². The molecule has 0 spiro atoms. The van der Waals surface area contributed by atoms with Gasteiger partial charge in [-0.2, -0.15) is 0 Å². The summed E-state index contributed by atoms with van der Waals surface area (Å²) in [5, 5.41) is 0. The number of nitrogens with zero attached hydrogens (tertiary/aromatic N) is 2. The van der Waals surface area contributed by atoms with Gasteiger partial charge in [0, 0.05) is 32.6 Å². The van der Waals surface area contributed by atoms with Crippen molar-refractivity contribution in [2.45, 2.75) is 185 Å². The van der Waals surface area contributed by atoms with E-state index in [9.17, 15) is 9.59 Å². The van der Waals surface area contributed by atoms with Crippen molar-refractivity contribution in [1.82, 2.24) is 9.80 Å². The summed E-state index contributed by atoms with van der Waals surface area (Å²) in [4.78, 5) is 28.5. The fraction of sp³-hybridized carbons (Fsp3) is 0.630. The molecule has 0 atom stereocenters. The molecule has 1 aliphatic heterocycles. The molecule has 0 aromatic carbocycles. The molecule has 0 aromatic heterocycles. The molecule has 5 heteroatoms. The summed E-state index contributed by atoms with van der Waals surface area (Å²) in [6.45, 7) is 25.9. The summed E-state index contributed by atoms with van der Waals surface area (Å²) >= 11 is 0. The highest BCUT2D eigenvalue weighted by Crippen LogP contribution is 2.18. The van der Waals surface area contributed by atoms with Gasteiger partial charge in [0.25, 0.3) is 0 Å². The molecule has 5 nitrogen and oxygen atoms in total. The fourth-order valence-electron chi connectivity index (χ4n) is 7.00. The average Bonchev–Trinajstić information content (AvgIpc) is 3.17. The number of hydrogen-bond donors (Lipinski definition) is 0. The van der Waals surface area contributed by atoms with Gasteiger partial charge in [-0.25, -0.2) is 0 Å². The molecule has 0 N–H and O–H groups in total. The fourth-order valence-corrected chi connectivity index (χ4v) is 7.00. The predicted octanol–water partition coefficient (Wildman–Crippen LogP) is 14.9. The molecule has 0 radical (unpaired) electrons. The SMILES string of the molecule is CC(C)=CCC/C(C)=C/CC/C(C)=C/CC/C(C)=C/CC/C(C)=C/CC/C(C)=C/CC/C(C)=C/CC/C(C)=C/CC/C(C)=C/COC(=O)CCC(=O)N1CCN(C)CC1. The third-order valence-electron chi connectivity index (χ3n) is 11.4. The quantitative estimate of drug-likeness (QED) is 0.0558. The first-order chi connectivity index (χ1) is 28.1. The van der Waals surface area contributed by atoms with Gasteiger partial charge in [0.1, 0.15) is 6.61 Å². The second kappa shape index (κ2) is 33.3. The van der Waals surface area contributed by atoms with Crippen molar-refractivity contribution < 1.29 is 14.3 Å². The van der Waals surface area contributed by atoms with Crippen LogP contribution in [0.3, 0.4) is 0 Å². The van der Waals surface area contributed by atoms with Gasteiger partial charge in [0.2, 0.25) is 5.91 Å². The Labute approximate surface area is 364 Å². The van der Waals surface area contributed by atoms with E-state index in [0.29, 0.717) is 0 Å². The van der Waals surface area contributed by atoms with Gasteiger partial charge in [-0.1, -0.05) is 98.8 Å². The second-order valence-corrected chi connectivity index (χ2v) is 17.9. The Hall–Kier alpha value is -3.44. The second-order valence-electron chi connectivity index (χ2n) is 17.9. The maximum absolute atomic E-state index is 12.3. The maximum atomic E-state index is 12.3. The molecule has 59 heavy (non-hydrogen) atoms. The van der Waals surface area contributed by atoms with Gasteiger partial charge in [0.15, 0.2) is 0 Å². The number of likely N-dealkylation sites (N-methyl/N-ethyl adjacent to an activating group) is 1. The van der Waals surface area contributed by atoms with Crippen LogP contribution in [0.5, 0.6) is 0 Å². The first-order valence-corrected chi connectivity index (χ1v) is 23.1. The summed E-state index contributed by atoms with van der Waals surface area (Å²) in [5.74, 6) is -0.252. The first kappa shape index (κ1) is 53.6. The number of ether oxygens (including phenoxy) is 1. The number of hydrogen-bond acceptors (Lipinski definition) is 4. The zero-order valence-corrected chi connectivity index (χ0v) is 40.1. The Balaban J connectivity index is 2.20. The molecule has 1 heterocycles. The highest BCUT2D eigenvalue weighted by atomic mass is 16.5. The van der Waals surface area contributed by atoms with Crippen LogP contribution < -0.4 is 0 Å². The Morgan fingerprint density at radius 3 is 0.983 bits per heavy atom. The maximum Gasteiger partial charge on any atom is 0.306 e. The zero-order valence-electron chi connectivity index (χ0n) is 40.1. The van der Waals surface area contributed by atoms with Crippen LogP contribution in [0.25, 0.3) is 0 Å². The molecule has 0 saturated carbocycles. The number of esters is 1. The van der Waals surface area contributed by atoms with Crippen LogP contribution in [0.1, 0.15) is 185 Å². The number of carbonyl (C=O) groups is 2. The van der Waals surface area contributed by atoms with E-state index in [1.54, 1.807) is 0 Å². The first-order valence-electron chi connectivity index (χ1n) is 23.1. The van der Waals surface area contributed by atoms with Crippen LogP contribution in [0.4, 0.5) is 0 Å². The van der Waals surface area contributed by atoms with Crippen LogP contribution in [-0.2, 0) is 14.3 Å². The van der Waals surface area contributed by atoms with E-state index >= 15 is 0 Å². The van der Waals surface area contributed by atoms with E-state index in [-0.39, 0.29) is 31.3 Å². The van der Waals surface area contributed by atoms with E-state index < -0.39 is 0 Å². The van der Waals surface area contributed by atoms with Crippen LogP contribution in [-0.4, -0.2) is 61.5 Å². The van der Waals surface area contributed by atoms with E-state index in [1.807, 2.05) is 11.0 Å². The normalized spacial score (nSPS) is 15.9. The van der Waals surface area contributed by atoms with E-state index in [1.165, 1.54) is 69.4 Å². The van der Waals surface area contributed by atoms with Crippen molar-refractivity contribution in [3.63, 3.8) is 0 Å². The van der Waals surface area contributed by atoms with E-state index in [0.717, 1.165) is 110 Å². The standard InChI is InChI=1S/C54H88N2O3/c1-44(2)20-12-21-45(3)22-13-23-46(4)24-14-25-47(5)26-15-27-48(6)28-16-29-49(7)30-17-31-50(8)32-18-33-51(9)34-19-35-52(10)38-43-59-54(58)37-36-53(57)56-41-39-55(11)40-42-56/h20,22,24,26,28,30,32,34,38H,12-19,21,23,25,27,29,31,33,35-37,39-43H2,1-11H3/b45-22+,46-24+,47-26+,48-28+,49-30+,50-32+,51-34+,52-38+. The number of rotatable bonds is 29. The lowest BCUT2D eigenvalue weighted by Crippen LogP contribution is -2.47. The van der Waals surface area contributed by atoms with Crippen molar-refractivity contribution in [2.75, 3.05) is 39.8 Å². The van der Waals surface area contributed by atoms with Crippen molar-refractivity contribution in [2.24, 2.45) is 0 Å². The van der Waals surface area contributed by atoms with Gasteiger partial charge in [-0.3, -0.25) is 9.59 Å². The molecule has 332 valence electrons. The van der Waals surface area contributed by atoms with Crippen molar-refractivity contribution >= 4 is 11.9 Å². The number of amides is 1. The lowest BCUT2D eigenvalue weighted by Gasteiger charge is -2.32. The Morgan fingerprint density at radius 1 is 0.390 bits per heavy atom. The topological polar surface area (TPSA) is 49.9 Å². The Morgan fingerprint density at radius 2 is 0.678 bits per heavy atom. The van der Waals surface area contributed by atoms with Crippen molar-refractivity contribution in [1.29, 1.82) is 0 Å². The number of carbonyl (C=O) groups excluding carboxylic acids is 2. The minimum atomic E-state index is -0.301. The molecule has 1 saturated heterocycles. The smallest absolute Gasteiger partial charge is 0.306 e. The molecule has 1 amide bonds. The van der Waals surface area contributed by atoms with Gasteiger partial charge < -0.3 is 14.5 Å². The molecule has 0 aromatic rings. The minimum Gasteiger partial charge on any atom is -0.461 e. The molecular weight excluding hydrogens is 725 g/mol. The molecule has 1 aliphatic rings. The number of piperazine rings is 1. The average molecular weight is 813 g/mol. The molecular formula is C54H88N2O3. The summed E-state index contributed by atoms with van der Waals surface area (Å²) in [5.41, 5.74) is 13.1. The third-order valence-corrected chi connectivity index (χ3v) is 11.4. The summed E-state index contributed by atoms with van der Waals surface area (Å²) in [6, 6.07) is 0. The van der Waals surface area contributed by atoms with Crippen LogP contribution in [0.2, 0.25) is 0 Å². The van der Waals surface area contributed by atoms with Crippen LogP contribution >= 0.6 is 0 Å². The highest BCUT2D eigenvalue weighted by molar-refractivity contribution is 5.81. The van der Waals surface area contributed by atoms with Crippen LogP contribution in [0.15, 0.2) is 105 Å². The molecule has 0 aliphatic carbocycles. The number of allylic oxidation sites excluding steroid dienone is 17. The van der Waals surface area contributed by atoms with E-state index in [2.05, 4.69) is 130 Å². The lowest BCUT2D eigenvalue weighted by molar-refractivity contribution is -0.145. The molecule has 1 fully saturated rings. The molecule has 0 unspecified atom stereocenters. The van der Waals surface area contributed by atoms with Gasteiger partial charge in [-0.15, -0.1) is 0 Å². The van der Waals surface area contributed by atoms with Crippen molar-refractivity contribution in [3.8, 4) is 0 Å². The lowest BCUT2D eigenvalue weighted by atomic mass is 10.0. The van der Waals surface area contributed by atoms with Crippen LogP contribution in [0, 0.1) is 0 Å². The summed E-state index contributed by atoms with van der Waals surface area (Å²) < 4.78 is 5.36.